The average Bonchev–Trinajstić information content (AvgIpc) is 3.38. The number of amidine groups is 1. The third kappa shape index (κ3) is 3.93. The van der Waals surface area contributed by atoms with Crippen molar-refractivity contribution in [1.29, 1.82) is 0 Å². The van der Waals surface area contributed by atoms with Crippen molar-refractivity contribution in [2.24, 2.45) is 10.9 Å². The van der Waals surface area contributed by atoms with Gasteiger partial charge >= 0.3 is 0 Å². The van der Waals surface area contributed by atoms with E-state index in [1.807, 2.05) is 24.1 Å². The topological polar surface area (TPSA) is 95.0 Å². The Morgan fingerprint density at radius 2 is 2.00 bits per heavy atom. The highest BCUT2D eigenvalue weighted by Gasteiger charge is 2.35. The summed E-state index contributed by atoms with van der Waals surface area (Å²) in [6, 6.07) is 6.09. The SMILES string of the molecule is CC[C@H](C)[C@H](N=C1NS(=O)(=O)c2ccccc21)C(=O)N1CCN(c2nccs2)CC1. The lowest BCUT2D eigenvalue weighted by Gasteiger charge is -2.36. The predicted molar refractivity (Wildman–Crippen MR) is 117 cm³/mol. The number of thiazole rings is 1. The van der Waals surface area contributed by atoms with E-state index in [0.29, 0.717) is 18.7 Å². The standard InChI is InChI=1S/C20H25N5O3S2/c1-3-14(2)17(22-18-15-6-4-5-7-16(15)30(27,28)23-18)19(26)24-9-11-25(12-10-24)20-21-8-13-29-20/h4-8,13-14,17H,3,9-12H2,1-2H3,(H,22,23)/t14-,17-/m0/s1. The smallest absolute Gasteiger partial charge is 0.263 e. The van der Waals surface area contributed by atoms with Crippen LogP contribution >= 0.6 is 11.3 Å². The summed E-state index contributed by atoms with van der Waals surface area (Å²) in [5.74, 6) is 0.184. The quantitative estimate of drug-likeness (QED) is 0.756. The molecule has 1 amide bonds. The first kappa shape index (κ1) is 20.8. The van der Waals surface area contributed by atoms with Crippen LogP contribution in [0.4, 0.5) is 5.13 Å². The molecule has 2 aliphatic rings. The van der Waals surface area contributed by atoms with Crippen molar-refractivity contribution in [2.45, 2.75) is 31.2 Å². The molecule has 0 radical (unpaired) electrons. The molecule has 1 fully saturated rings. The maximum atomic E-state index is 13.4. The fraction of sp³-hybridized carbons (Fsp3) is 0.450. The lowest BCUT2D eigenvalue weighted by molar-refractivity contribution is -0.133. The molecule has 4 rings (SSSR count). The van der Waals surface area contributed by atoms with Crippen molar-refractivity contribution in [2.75, 3.05) is 31.1 Å². The Morgan fingerprint density at radius 3 is 2.67 bits per heavy atom. The van der Waals surface area contributed by atoms with Crippen LogP contribution in [0.15, 0.2) is 45.7 Å². The molecule has 1 N–H and O–H groups in total. The molecule has 10 heteroatoms. The summed E-state index contributed by atoms with van der Waals surface area (Å²) >= 11 is 1.59. The van der Waals surface area contributed by atoms with Gasteiger partial charge in [0, 0.05) is 43.3 Å². The third-order valence-electron chi connectivity index (χ3n) is 5.65. The molecule has 2 aliphatic heterocycles. The fourth-order valence-corrected chi connectivity index (χ4v) is 5.63. The Balaban J connectivity index is 1.55. The number of carbonyl (C=O) groups excluding carboxylic acids is 1. The summed E-state index contributed by atoms with van der Waals surface area (Å²) in [5, 5.41) is 2.92. The summed E-state index contributed by atoms with van der Waals surface area (Å²) in [7, 11) is -3.63. The largest absolute Gasteiger partial charge is 0.345 e. The minimum atomic E-state index is -3.63. The number of hydrogen-bond donors (Lipinski definition) is 1. The van der Waals surface area contributed by atoms with Crippen LogP contribution in [0.3, 0.4) is 0 Å². The Kier molecular flexibility index (Phi) is 5.79. The first-order valence-electron chi connectivity index (χ1n) is 10.0. The second-order valence-electron chi connectivity index (χ2n) is 7.54. The minimum Gasteiger partial charge on any atom is -0.345 e. The van der Waals surface area contributed by atoms with Gasteiger partial charge in [-0.3, -0.25) is 14.5 Å². The van der Waals surface area contributed by atoms with Crippen molar-refractivity contribution >= 4 is 38.2 Å². The number of carbonyl (C=O) groups is 1. The summed E-state index contributed by atoms with van der Waals surface area (Å²) in [6.45, 7) is 6.63. The van der Waals surface area contributed by atoms with Crippen LogP contribution in [0, 0.1) is 5.92 Å². The number of piperazine rings is 1. The number of benzene rings is 1. The van der Waals surface area contributed by atoms with Gasteiger partial charge in [-0.2, -0.15) is 0 Å². The lowest BCUT2D eigenvalue weighted by atomic mass is 9.98. The molecule has 8 nitrogen and oxygen atoms in total. The third-order valence-corrected chi connectivity index (χ3v) is 7.88. The highest BCUT2D eigenvalue weighted by atomic mass is 32.2. The van der Waals surface area contributed by atoms with Crippen molar-refractivity contribution in [3.8, 4) is 0 Å². The van der Waals surface area contributed by atoms with Crippen LogP contribution in [0.25, 0.3) is 0 Å². The van der Waals surface area contributed by atoms with Crippen LogP contribution in [0.5, 0.6) is 0 Å². The van der Waals surface area contributed by atoms with Gasteiger partial charge < -0.3 is 9.80 Å². The Hall–Kier alpha value is -2.46. The molecule has 0 aliphatic carbocycles. The number of nitrogens with one attached hydrogen (secondary N) is 1. The summed E-state index contributed by atoms with van der Waals surface area (Å²) in [6.07, 6.45) is 2.55. The first-order chi connectivity index (χ1) is 14.4. The van der Waals surface area contributed by atoms with E-state index in [1.54, 1.807) is 41.8 Å². The van der Waals surface area contributed by atoms with Crippen LogP contribution in [0.2, 0.25) is 0 Å². The van der Waals surface area contributed by atoms with Gasteiger partial charge in [-0.1, -0.05) is 32.4 Å². The zero-order valence-electron chi connectivity index (χ0n) is 17.0. The maximum absolute atomic E-state index is 13.4. The first-order valence-corrected chi connectivity index (χ1v) is 12.4. The number of anilines is 1. The highest BCUT2D eigenvalue weighted by molar-refractivity contribution is 7.90. The second-order valence-corrected chi connectivity index (χ2v) is 10.1. The van der Waals surface area contributed by atoms with E-state index in [4.69, 9.17) is 0 Å². The monoisotopic (exact) mass is 447 g/mol. The molecule has 0 bridgehead atoms. The number of rotatable bonds is 5. The number of nitrogens with zero attached hydrogens (tertiary/aromatic N) is 4. The molecule has 2 aromatic rings. The van der Waals surface area contributed by atoms with E-state index < -0.39 is 16.1 Å². The fourth-order valence-electron chi connectivity index (χ4n) is 3.70. The molecular formula is C20H25N5O3S2. The van der Waals surface area contributed by atoms with Gasteiger partial charge in [-0.25, -0.2) is 13.4 Å². The van der Waals surface area contributed by atoms with E-state index >= 15 is 0 Å². The molecule has 2 atom stereocenters. The number of aliphatic imine (C=N–C) groups is 1. The number of sulfonamides is 1. The number of hydrogen-bond acceptors (Lipinski definition) is 7. The van der Waals surface area contributed by atoms with Gasteiger partial charge in [-0.05, 0) is 18.1 Å². The molecular weight excluding hydrogens is 422 g/mol. The minimum absolute atomic E-state index is 0.0146. The molecule has 0 saturated carbocycles. The molecule has 3 heterocycles. The van der Waals surface area contributed by atoms with Crippen molar-refractivity contribution in [3.63, 3.8) is 0 Å². The van der Waals surface area contributed by atoms with Crippen LogP contribution in [0.1, 0.15) is 25.8 Å². The molecule has 1 saturated heterocycles. The van der Waals surface area contributed by atoms with E-state index in [0.717, 1.165) is 24.6 Å². The van der Waals surface area contributed by atoms with Crippen LogP contribution in [-0.2, 0) is 14.8 Å². The summed E-state index contributed by atoms with van der Waals surface area (Å²) in [5.41, 5.74) is 0.521. The Labute approximate surface area is 180 Å². The van der Waals surface area contributed by atoms with E-state index in [-0.39, 0.29) is 22.6 Å². The van der Waals surface area contributed by atoms with Crippen molar-refractivity contribution in [1.82, 2.24) is 14.6 Å². The normalized spacial score (nSPS) is 21.2. The molecule has 1 aromatic carbocycles. The number of aromatic nitrogens is 1. The Morgan fingerprint density at radius 1 is 1.27 bits per heavy atom. The predicted octanol–water partition coefficient (Wildman–Crippen LogP) is 1.95. The molecule has 160 valence electrons. The summed E-state index contributed by atoms with van der Waals surface area (Å²) in [4.78, 5) is 26.6. The van der Waals surface area contributed by atoms with E-state index in [1.165, 1.54) is 0 Å². The van der Waals surface area contributed by atoms with E-state index in [9.17, 15) is 13.2 Å². The lowest BCUT2D eigenvalue weighted by Crippen LogP contribution is -2.52. The highest BCUT2D eigenvalue weighted by Crippen LogP contribution is 2.25. The average molecular weight is 448 g/mol. The van der Waals surface area contributed by atoms with Crippen molar-refractivity contribution < 1.29 is 13.2 Å². The zero-order valence-corrected chi connectivity index (χ0v) is 18.6. The van der Waals surface area contributed by atoms with Gasteiger partial charge in [0.15, 0.2) is 5.13 Å². The van der Waals surface area contributed by atoms with Gasteiger partial charge in [0.25, 0.3) is 10.0 Å². The van der Waals surface area contributed by atoms with Gasteiger partial charge in [0.1, 0.15) is 11.9 Å². The number of fused-ring (bicyclic) bond motifs is 1. The van der Waals surface area contributed by atoms with E-state index in [2.05, 4.69) is 19.6 Å². The molecule has 1 aromatic heterocycles. The van der Waals surface area contributed by atoms with Gasteiger partial charge in [0.2, 0.25) is 5.91 Å². The second kappa shape index (κ2) is 8.35. The van der Waals surface area contributed by atoms with Crippen LogP contribution < -0.4 is 9.62 Å². The summed E-state index contributed by atoms with van der Waals surface area (Å²) < 4.78 is 27.3. The van der Waals surface area contributed by atoms with Crippen molar-refractivity contribution in [3.05, 3.63) is 41.4 Å². The zero-order chi connectivity index (χ0) is 21.3. The van der Waals surface area contributed by atoms with Gasteiger partial charge in [-0.15, -0.1) is 11.3 Å². The molecule has 0 spiro atoms. The number of amides is 1. The maximum Gasteiger partial charge on any atom is 0.263 e. The molecule has 30 heavy (non-hydrogen) atoms. The molecule has 0 unspecified atom stereocenters. The Bertz CT molecular complexity index is 1040. The van der Waals surface area contributed by atoms with Gasteiger partial charge in [0.05, 0.1) is 4.90 Å². The van der Waals surface area contributed by atoms with Crippen LogP contribution in [-0.4, -0.2) is 62.3 Å².